The van der Waals surface area contributed by atoms with E-state index < -0.39 is 0 Å². The fourth-order valence-electron chi connectivity index (χ4n) is 0.0645. The summed E-state index contributed by atoms with van der Waals surface area (Å²) in [6.45, 7) is 1.97. The summed E-state index contributed by atoms with van der Waals surface area (Å²) in [4.78, 5) is 0. The van der Waals surface area contributed by atoms with E-state index in [-0.39, 0.29) is 0 Å². The predicted molar refractivity (Wildman–Crippen MR) is 15.9 cm³/mol. The van der Waals surface area contributed by atoms with Crippen LogP contribution < -0.4 is 5.32 Å². The third kappa shape index (κ3) is 0.0696. The van der Waals surface area contributed by atoms with Crippen LogP contribution in [-0.2, 0) is 0 Å². The van der Waals surface area contributed by atoms with E-state index in [9.17, 15) is 0 Å². The van der Waals surface area contributed by atoms with E-state index in [0.717, 1.165) is 0 Å². The highest BCUT2D eigenvalue weighted by atomic mass is 15.0. The molecule has 4 heavy (non-hydrogen) atoms. The zero-order valence-electron chi connectivity index (χ0n) is 2.52. The molecule has 0 aromatic carbocycles. The highest BCUT2D eigenvalue weighted by Gasteiger charge is 1.95. The molecule has 0 saturated carbocycles. The molecule has 0 fully saturated rings. The summed E-state index contributed by atoms with van der Waals surface area (Å²) in [5, 5.41) is 3.69. The molecule has 0 atom stereocenters. The van der Waals surface area contributed by atoms with Gasteiger partial charge in [-0.2, -0.15) is 0 Å². The van der Waals surface area contributed by atoms with Crippen molar-refractivity contribution >= 4 is 0 Å². The van der Waals surface area contributed by atoms with Crippen molar-refractivity contribution < 1.29 is 0 Å². The average Bonchev–Trinajstić information content (AvgIpc) is 1.75. The minimum Gasteiger partial charge on any atom is -0.258 e. The number of hydrogen-bond acceptors (Lipinski definition) is 0. The van der Waals surface area contributed by atoms with Gasteiger partial charge < -0.3 is 0 Å². The van der Waals surface area contributed by atoms with Crippen molar-refractivity contribution in [3.63, 3.8) is 0 Å². The van der Waals surface area contributed by atoms with Gasteiger partial charge in [0.2, 0.25) is 0 Å². The van der Waals surface area contributed by atoms with Crippen molar-refractivity contribution in [3.8, 4) is 0 Å². The van der Waals surface area contributed by atoms with Crippen LogP contribution in [0, 0.1) is 0 Å². The van der Waals surface area contributed by atoms with Crippen LogP contribution >= 0.6 is 0 Å². The van der Waals surface area contributed by atoms with Gasteiger partial charge in [0.25, 0.3) is 0 Å². The molecule has 21 valence electrons. The van der Waals surface area contributed by atoms with Crippen LogP contribution in [0.2, 0.25) is 0 Å². The molecule has 1 rings (SSSR count). The number of rotatable bonds is 0. The van der Waals surface area contributed by atoms with Gasteiger partial charge in [-0.25, -0.2) is 0 Å². The predicted octanol–water partition coefficient (Wildman–Crippen LogP) is 0.466. The van der Waals surface area contributed by atoms with Crippen LogP contribution in [0.5, 0.6) is 0 Å². The maximum atomic E-state index is 3.69. The Morgan fingerprint density at radius 1 is 2.00 bits per heavy atom. The molecule has 0 aromatic rings. The highest BCUT2D eigenvalue weighted by molar-refractivity contribution is 5.10. The lowest BCUT2D eigenvalue weighted by Gasteiger charge is -1.47. The monoisotopic (exact) mass is 54.0 g/mol. The molecule has 1 nitrogen and oxygen atoms in total. The standard InChI is InChI=1S/C3H4N/c1-3-2-4-3/h2H,1H3. The van der Waals surface area contributed by atoms with Gasteiger partial charge >= 0.3 is 0 Å². The van der Waals surface area contributed by atoms with Gasteiger partial charge in [-0.3, -0.25) is 5.32 Å². The molecule has 0 spiro atoms. The smallest absolute Gasteiger partial charge is 0.0555 e. The lowest BCUT2D eigenvalue weighted by atomic mass is 10.7. The van der Waals surface area contributed by atoms with Crippen LogP contribution in [0.15, 0.2) is 11.9 Å². The first-order valence-corrected chi connectivity index (χ1v) is 1.27. The van der Waals surface area contributed by atoms with Gasteiger partial charge in [0.1, 0.15) is 0 Å². The SMILES string of the molecule is CC1=C[N]1. The van der Waals surface area contributed by atoms with Gasteiger partial charge in [0.15, 0.2) is 0 Å². The number of nitrogens with zero attached hydrogens (tertiary/aromatic N) is 1. The normalized spacial score (nSPS) is 17.8. The summed E-state index contributed by atoms with van der Waals surface area (Å²) in [6.07, 6.45) is 1.83. The van der Waals surface area contributed by atoms with E-state index in [1.807, 2.05) is 13.1 Å². The van der Waals surface area contributed by atoms with Crippen LogP contribution in [-0.4, -0.2) is 0 Å². The Morgan fingerprint density at radius 3 is 2.25 bits per heavy atom. The van der Waals surface area contributed by atoms with Crippen LogP contribution in [0.4, 0.5) is 0 Å². The minimum atomic E-state index is 1.17. The van der Waals surface area contributed by atoms with Crippen molar-refractivity contribution in [1.29, 1.82) is 0 Å². The molecule has 0 saturated heterocycles. The van der Waals surface area contributed by atoms with Crippen LogP contribution in [0.3, 0.4) is 0 Å². The maximum absolute atomic E-state index is 3.69. The lowest BCUT2D eigenvalue weighted by Crippen LogP contribution is -1.51. The van der Waals surface area contributed by atoms with Gasteiger partial charge in [-0.15, -0.1) is 0 Å². The van der Waals surface area contributed by atoms with Crippen molar-refractivity contribution in [2.45, 2.75) is 6.92 Å². The van der Waals surface area contributed by atoms with E-state index in [0.29, 0.717) is 0 Å². The van der Waals surface area contributed by atoms with Gasteiger partial charge in [0, 0.05) is 6.20 Å². The molecule has 0 bridgehead atoms. The molecule has 1 radical (unpaired) electrons. The van der Waals surface area contributed by atoms with E-state index in [2.05, 4.69) is 5.32 Å². The summed E-state index contributed by atoms with van der Waals surface area (Å²) >= 11 is 0. The molecule has 0 N–H and O–H groups in total. The first-order valence-electron chi connectivity index (χ1n) is 1.27. The second-order valence-corrected chi connectivity index (χ2v) is 0.900. The molecule has 0 unspecified atom stereocenters. The van der Waals surface area contributed by atoms with E-state index in [1.54, 1.807) is 0 Å². The third-order valence-electron chi connectivity index (χ3n) is 0.387. The zero-order chi connectivity index (χ0) is 2.99. The Balaban J connectivity index is 2.54. The maximum Gasteiger partial charge on any atom is 0.0555 e. The molecule has 0 aliphatic carbocycles. The second-order valence-electron chi connectivity index (χ2n) is 0.900. The van der Waals surface area contributed by atoms with Crippen molar-refractivity contribution in [3.05, 3.63) is 11.9 Å². The van der Waals surface area contributed by atoms with E-state index >= 15 is 0 Å². The zero-order valence-corrected chi connectivity index (χ0v) is 2.52. The van der Waals surface area contributed by atoms with E-state index in [4.69, 9.17) is 0 Å². The van der Waals surface area contributed by atoms with Crippen LogP contribution in [0.25, 0.3) is 0 Å². The summed E-state index contributed by atoms with van der Waals surface area (Å²) in [5.41, 5.74) is 1.17. The number of hydrogen-bond donors (Lipinski definition) is 0. The van der Waals surface area contributed by atoms with Crippen LogP contribution in [0.1, 0.15) is 6.92 Å². The van der Waals surface area contributed by atoms with Crippen molar-refractivity contribution in [2.75, 3.05) is 0 Å². The molecule has 0 aromatic heterocycles. The first-order chi connectivity index (χ1) is 1.89. The summed E-state index contributed by atoms with van der Waals surface area (Å²) < 4.78 is 0. The molecular formula is C3H4N. The fraction of sp³-hybridized carbons (Fsp3) is 0.333. The Kier molecular flexibility index (Phi) is 0.133. The second kappa shape index (κ2) is 0.292. The van der Waals surface area contributed by atoms with Gasteiger partial charge in [0.05, 0.1) is 5.70 Å². The molecule has 1 aliphatic heterocycles. The Labute approximate surface area is 25.3 Å². The molecular weight excluding hydrogens is 50.0 g/mol. The quantitative estimate of drug-likeness (QED) is 0.381. The molecule has 1 heterocycles. The largest absolute Gasteiger partial charge is 0.258 e. The summed E-state index contributed by atoms with van der Waals surface area (Å²) in [5.74, 6) is 0. The van der Waals surface area contributed by atoms with Gasteiger partial charge in [-0.1, -0.05) is 0 Å². The molecule has 1 heteroatoms. The molecule has 0 amide bonds. The Hall–Kier alpha value is -0.460. The van der Waals surface area contributed by atoms with Crippen molar-refractivity contribution in [1.82, 2.24) is 5.32 Å². The fourth-order valence-corrected chi connectivity index (χ4v) is 0.0645. The summed E-state index contributed by atoms with van der Waals surface area (Å²) in [7, 11) is 0. The lowest BCUT2D eigenvalue weighted by molar-refractivity contribution is 1.29. The Bertz CT molecular complexity index is 54.3. The van der Waals surface area contributed by atoms with E-state index in [1.165, 1.54) is 5.70 Å². The first kappa shape index (κ1) is 1.82. The minimum absolute atomic E-state index is 1.17. The Morgan fingerprint density at radius 2 is 2.25 bits per heavy atom. The number of allylic oxidation sites excluding steroid dienone is 1. The summed E-state index contributed by atoms with van der Waals surface area (Å²) in [6, 6.07) is 0. The molecule has 1 aliphatic rings. The highest BCUT2D eigenvalue weighted by Crippen LogP contribution is 1.98. The third-order valence-corrected chi connectivity index (χ3v) is 0.387. The van der Waals surface area contributed by atoms with Gasteiger partial charge in [-0.05, 0) is 6.92 Å². The topological polar surface area (TPSA) is 14.1 Å². The average molecular weight is 54.1 g/mol. The van der Waals surface area contributed by atoms with Crippen molar-refractivity contribution in [2.24, 2.45) is 0 Å².